The van der Waals surface area contributed by atoms with Gasteiger partial charge in [-0.15, -0.1) is 0 Å². The summed E-state index contributed by atoms with van der Waals surface area (Å²) in [5.41, 5.74) is 3.66. The van der Waals surface area contributed by atoms with Crippen molar-refractivity contribution in [1.29, 1.82) is 0 Å². The summed E-state index contributed by atoms with van der Waals surface area (Å²) in [6.45, 7) is 0. The fraction of sp³-hybridized carbons (Fsp3) is 0. The number of ether oxygens (including phenoxy) is 1. The first-order valence-electron chi connectivity index (χ1n) is 7.74. The third kappa shape index (κ3) is 2.47. The average Bonchev–Trinajstić information content (AvgIpc) is 3.27. The van der Waals surface area contributed by atoms with E-state index in [9.17, 15) is 0 Å². The lowest BCUT2D eigenvalue weighted by molar-refractivity contribution is 0.442. The van der Waals surface area contributed by atoms with Crippen LogP contribution in [0.4, 0.5) is 0 Å². The molecular weight excluding hydrogens is 316 g/mol. The van der Waals surface area contributed by atoms with E-state index < -0.39 is 0 Å². The Hall–Kier alpha value is -3.74. The number of hydrogen-bond acceptors (Lipinski definition) is 5. The second kappa shape index (κ2) is 5.41. The van der Waals surface area contributed by atoms with Gasteiger partial charge in [-0.05, 0) is 42.5 Å². The van der Waals surface area contributed by atoms with Crippen LogP contribution in [0.25, 0.3) is 33.3 Å². The number of H-pyrrole nitrogens is 2. The minimum Gasteiger partial charge on any atom is -0.424 e. The largest absolute Gasteiger partial charge is 0.424 e. The van der Waals surface area contributed by atoms with Crippen molar-refractivity contribution < 1.29 is 4.74 Å². The summed E-state index contributed by atoms with van der Waals surface area (Å²) in [7, 11) is 0. The van der Waals surface area contributed by atoms with Crippen molar-refractivity contribution in [3.05, 3.63) is 61.1 Å². The lowest BCUT2D eigenvalue weighted by Gasteiger charge is -2.03. The first-order valence-corrected chi connectivity index (χ1v) is 7.74. The molecule has 3 aromatic heterocycles. The molecule has 0 unspecified atom stereocenters. The summed E-state index contributed by atoms with van der Waals surface area (Å²) in [5.74, 6) is 1.35. The Kier molecular flexibility index (Phi) is 2.96. The zero-order valence-corrected chi connectivity index (χ0v) is 13.0. The van der Waals surface area contributed by atoms with Crippen molar-refractivity contribution in [3.8, 4) is 23.1 Å². The normalized spacial score (nSPS) is 11.2. The van der Waals surface area contributed by atoms with Crippen LogP contribution in [0.5, 0.6) is 11.8 Å². The number of nitrogens with one attached hydrogen (secondary N) is 2. The van der Waals surface area contributed by atoms with Crippen LogP contribution in [0, 0.1) is 0 Å². The highest BCUT2D eigenvalue weighted by Crippen LogP contribution is 2.26. The minimum atomic E-state index is 0.317. The molecule has 0 radical (unpaired) electrons. The summed E-state index contributed by atoms with van der Waals surface area (Å²) in [4.78, 5) is 17.3. The van der Waals surface area contributed by atoms with Crippen LogP contribution in [-0.4, -0.2) is 30.1 Å². The number of aromatic amines is 2. The minimum absolute atomic E-state index is 0.317. The fourth-order valence-corrected chi connectivity index (χ4v) is 2.69. The van der Waals surface area contributed by atoms with E-state index in [1.165, 1.54) is 0 Å². The number of aromatic nitrogens is 6. The third-order valence-electron chi connectivity index (χ3n) is 3.90. The van der Waals surface area contributed by atoms with Crippen molar-refractivity contribution in [2.24, 2.45) is 0 Å². The van der Waals surface area contributed by atoms with Crippen molar-refractivity contribution >= 4 is 21.9 Å². The Morgan fingerprint density at radius 3 is 2.44 bits per heavy atom. The van der Waals surface area contributed by atoms with Crippen molar-refractivity contribution in [3.63, 3.8) is 0 Å². The zero-order valence-electron chi connectivity index (χ0n) is 13.0. The van der Waals surface area contributed by atoms with Gasteiger partial charge >= 0.3 is 6.01 Å². The SMILES string of the molecule is c1cnc(Oc2ccc(-c3nc4cc5c[nH][nH]c5cc4n3)cc2)nc1. The highest BCUT2D eigenvalue weighted by atomic mass is 16.5. The molecule has 120 valence electrons. The third-order valence-corrected chi connectivity index (χ3v) is 3.90. The highest BCUT2D eigenvalue weighted by molar-refractivity contribution is 5.93. The van der Waals surface area contributed by atoms with Crippen molar-refractivity contribution in [1.82, 2.24) is 30.1 Å². The Morgan fingerprint density at radius 1 is 0.880 bits per heavy atom. The Morgan fingerprint density at radius 2 is 1.64 bits per heavy atom. The van der Waals surface area contributed by atoms with Crippen LogP contribution >= 0.6 is 0 Å². The number of fused-ring (bicyclic) bond motifs is 2. The second-order valence-electron chi connectivity index (χ2n) is 5.55. The van der Waals surface area contributed by atoms with E-state index in [0.29, 0.717) is 17.6 Å². The van der Waals surface area contributed by atoms with E-state index >= 15 is 0 Å². The second-order valence-corrected chi connectivity index (χ2v) is 5.55. The average molecular weight is 328 g/mol. The number of hydrogen-bond donors (Lipinski definition) is 2. The molecule has 0 aliphatic heterocycles. The van der Waals surface area contributed by atoms with Crippen LogP contribution in [0.2, 0.25) is 0 Å². The lowest BCUT2D eigenvalue weighted by atomic mass is 10.2. The molecule has 0 saturated heterocycles. The Balaban J connectivity index is 1.47. The van der Waals surface area contributed by atoms with Gasteiger partial charge < -0.3 is 14.9 Å². The lowest BCUT2D eigenvalue weighted by Crippen LogP contribution is -1.90. The topological polar surface area (TPSA) is 92.4 Å². The molecule has 0 bridgehead atoms. The molecule has 0 spiro atoms. The van der Waals surface area contributed by atoms with Gasteiger partial charge in [0.25, 0.3) is 0 Å². The smallest absolute Gasteiger partial charge is 0.321 e. The molecule has 0 amide bonds. The monoisotopic (exact) mass is 328 g/mol. The van der Waals surface area contributed by atoms with Crippen LogP contribution in [0.1, 0.15) is 0 Å². The standard InChI is InChI=1S/C18H12N6O/c1-6-19-18(20-7-1)25-13-4-2-11(3-5-13)17-22-15-8-12-10-21-24-14(12)9-16(15)23-17/h1-10,21,24H. The Bertz CT molecular complexity index is 1110. The van der Waals surface area contributed by atoms with Crippen LogP contribution < -0.4 is 4.74 Å². The molecule has 2 aromatic carbocycles. The first-order chi connectivity index (χ1) is 12.3. The molecular formula is C18H12N6O. The molecule has 7 heteroatoms. The van der Waals surface area contributed by atoms with Gasteiger partial charge in [-0.25, -0.2) is 19.9 Å². The number of imidazole rings is 1. The quantitative estimate of drug-likeness (QED) is 0.527. The van der Waals surface area contributed by atoms with Gasteiger partial charge in [0.2, 0.25) is 0 Å². The predicted molar refractivity (Wildman–Crippen MR) is 93.3 cm³/mol. The molecule has 5 rings (SSSR count). The number of benzene rings is 2. The summed E-state index contributed by atoms with van der Waals surface area (Å²) in [6, 6.07) is 13.6. The fourth-order valence-electron chi connectivity index (χ4n) is 2.69. The number of nitrogens with zero attached hydrogens (tertiary/aromatic N) is 4. The zero-order chi connectivity index (χ0) is 16.6. The van der Waals surface area contributed by atoms with Crippen LogP contribution in [0.15, 0.2) is 61.1 Å². The summed E-state index contributed by atoms with van der Waals surface area (Å²) < 4.78 is 5.60. The van der Waals surface area contributed by atoms with Gasteiger partial charge in [0.05, 0.1) is 16.6 Å². The summed E-state index contributed by atoms with van der Waals surface area (Å²) in [6.07, 6.45) is 5.18. The molecule has 0 aliphatic rings. The van der Waals surface area contributed by atoms with Crippen LogP contribution in [0.3, 0.4) is 0 Å². The molecule has 2 N–H and O–H groups in total. The summed E-state index contributed by atoms with van der Waals surface area (Å²) >= 11 is 0. The van der Waals surface area contributed by atoms with E-state index in [1.807, 2.05) is 42.6 Å². The van der Waals surface area contributed by atoms with E-state index in [0.717, 1.165) is 27.5 Å². The van der Waals surface area contributed by atoms with Gasteiger partial charge in [-0.1, -0.05) is 0 Å². The van der Waals surface area contributed by atoms with Gasteiger partial charge in [-0.3, -0.25) is 0 Å². The molecule has 7 nitrogen and oxygen atoms in total. The van der Waals surface area contributed by atoms with Gasteiger partial charge in [0, 0.05) is 29.5 Å². The maximum absolute atomic E-state index is 5.60. The number of rotatable bonds is 3. The van der Waals surface area contributed by atoms with Crippen LogP contribution in [-0.2, 0) is 0 Å². The molecule has 25 heavy (non-hydrogen) atoms. The van der Waals surface area contributed by atoms with E-state index in [1.54, 1.807) is 18.5 Å². The first kappa shape index (κ1) is 13.7. The molecule has 0 aliphatic carbocycles. The van der Waals surface area contributed by atoms with E-state index in [2.05, 4.69) is 30.1 Å². The van der Waals surface area contributed by atoms with E-state index in [-0.39, 0.29) is 0 Å². The van der Waals surface area contributed by atoms with Crippen molar-refractivity contribution in [2.45, 2.75) is 0 Å². The van der Waals surface area contributed by atoms with Gasteiger partial charge in [-0.2, -0.15) is 0 Å². The predicted octanol–water partition coefficient (Wildman–Crippen LogP) is 3.69. The summed E-state index contributed by atoms with van der Waals surface area (Å²) in [5, 5.41) is 7.11. The maximum atomic E-state index is 5.60. The molecule has 0 saturated carbocycles. The molecule has 0 fully saturated rings. The van der Waals surface area contributed by atoms with Crippen molar-refractivity contribution in [2.75, 3.05) is 0 Å². The molecule has 5 aromatic rings. The van der Waals surface area contributed by atoms with Gasteiger partial charge in [0.15, 0.2) is 5.82 Å². The molecule has 0 atom stereocenters. The van der Waals surface area contributed by atoms with E-state index in [4.69, 9.17) is 4.74 Å². The highest BCUT2D eigenvalue weighted by Gasteiger charge is 2.09. The Labute approximate surface area is 141 Å². The maximum Gasteiger partial charge on any atom is 0.321 e. The van der Waals surface area contributed by atoms with Gasteiger partial charge in [0.1, 0.15) is 5.75 Å². The molecule has 3 heterocycles.